The molecule has 2 aromatic rings. The van der Waals surface area contributed by atoms with Gasteiger partial charge in [0.1, 0.15) is 18.2 Å². The monoisotopic (exact) mass is 289 g/mol. The van der Waals surface area contributed by atoms with Crippen LogP contribution in [-0.2, 0) is 6.54 Å². The quantitative estimate of drug-likeness (QED) is 0.906. The number of anilines is 1. The molecule has 0 unspecified atom stereocenters. The van der Waals surface area contributed by atoms with Crippen molar-refractivity contribution in [2.24, 2.45) is 0 Å². The van der Waals surface area contributed by atoms with Gasteiger partial charge in [-0.3, -0.25) is 0 Å². The van der Waals surface area contributed by atoms with Crippen molar-refractivity contribution in [2.45, 2.75) is 6.54 Å². The molecule has 1 N–H and O–H groups in total. The highest BCUT2D eigenvalue weighted by Gasteiger charge is 2.22. The van der Waals surface area contributed by atoms with Gasteiger partial charge in [-0.05, 0) is 18.2 Å². The van der Waals surface area contributed by atoms with E-state index in [9.17, 15) is 8.78 Å². The lowest BCUT2D eigenvalue weighted by molar-refractivity contribution is -0.914. The van der Waals surface area contributed by atoms with E-state index in [1.54, 1.807) is 12.1 Å². The van der Waals surface area contributed by atoms with Crippen LogP contribution in [0.2, 0.25) is 0 Å². The Bertz CT molecular complexity index is 607. The van der Waals surface area contributed by atoms with Crippen LogP contribution in [0.1, 0.15) is 5.56 Å². The lowest BCUT2D eigenvalue weighted by Crippen LogP contribution is -3.13. The molecule has 0 radical (unpaired) electrons. The van der Waals surface area contributed by atoms with Crippen molar-refractivity contribution in [2.75, 3.05) is 31.1 Å². The fourth-order valence-electron chi connectivity index (χ4n) is 2.86. The highest BCUT2D eigenvalue weighted by atomic mass is 19.1. The zero-order valence-electron chi connectivity index (χ0n) is 11.9. The second-order valence-corrected chi connectivity index (χ2v) is 5.46. The lowest BCUT2D eigenvalue weighted by Gasteiger charge is -2.33. The van der Waals surface area contributed by atoms with E-state index in [-0.39, 0.29) is 11.6 Å². The van der Waals surface area contributed by atoms with Gasteiger partial charge in [-0.2, -0.15) is 0 Å². The van der Waals surface area contributed by atoms with Crippen molar-refractivity contribution in [3.63, 3.8) is 0 Å². The molecule has 1 aliphatic rings. The summed E-state index contributed by atoms with van der Waals surface area (Å²) in [7, 11) is 0. The van der Waals surface area contributed by atoms with Crippen LogP contribution in [-0.4, -0.2) is 26.2 Å². The van der Waals surface area contributed by atoms with Crippen LogP contribution in [0.25, 0.3) is 0 Å². The first kappa shape index (κ1) is 14.0. The minimum absolute atomic E-state index is 0.137. The van der Waals surface area contributed by atoms with E-state index in [2.05, 4.69) is 4.90 Å². The number of nitrogens with one attached hydrogen (secondary N) is 1. The highest BCUT2D eigenvalue weighted by Crippen LogP contribution is 2.18. The summed E-state index contributed by atoms with van der Waals surface area (Å²) < 4.78 is 27.4. The van der Waals surface area contributed by atoms with Gasteiger partial charge in [-0.1, -0.05) is 30.3 Å². The number of para-hydroxylation sites is 1. The second-order valence-electron chi connectivity index (χ2n) is 5.46. The number of rotatable bonds is 3. The summed E-state index contributed by atoms with van der Waals surface area (Å²) in [6.45, 7) is 4.07. The van der Waals surface area contributed by atoms with E-state index in [1.165, 1.54) is 17.0 Å². The normalized spacial score (nSPS) is 16.2. The van der Waals surface area contributed by atoms with Gasteiger partial charge >= 0.3 is 0 Å². The number of hydrogen-bond donors (Lipinski definition) is 1. The van der Waals surface area contributed by atoms with Gasteiger partial charge < -0.3 is 9.80 Å². The van der Waals surface area contributed by atoms with Gasteiger partial charge in [0.15, 0.2) is 0 Å². The molecular weight excluding hydrogens is 270 g/mol. The second kappa shape index (κ2) is 6.22. The van der Waals surface area contributed by atoms with Gasteiger partial charge in [-0.25, -0.2) is 8.78 Å². The third-order valence-corrected chi connectivity index (χ3v) is 4.06. The summed E-state index contributed by atoms with van der Waals surface area (Å²) in [5.74, 6) is -0.309. The highest BCUT2D eigenvalue weighted by molar-refractivity contribution is 5.47. The van der Waals surface area contributed by atoms with E-state index in [0.29, 0.717) is 12.2 Å². The largest absolute Gasteiger partial charge is 0.358 e. The zero-order chi connectivity index (χ0) is 14.7. The number of hydrogen-bond acceptors (Lipinski definition) is 1. The molecular formula is C17H19F2N2+. The smallest absolute Gasteiger partial charge is 0.146 e. The van der Waals surface area contributed by atoms with Gasteiger partial charge in [0, 0.05) is 5.56 Å². The molecule has 2 aromatic carbocycles. The number of nitrogens with zero attached hydrogens (tertiary/aromatic N) is 1. The molecule has 1 fully saturated rings. The topological polar surface area (TPSA) is 7.68 Å². The van der Waals surface area contributed by atoms with Crippen molar-refractivity contribution in [3.05, 3.63) is 65.7 Å². The summed E-state index contributed by atoms with van der Waals surface area (Å²) >= 11 is 0. The van der Waals surface area contributed by atoms with E-state index in [1.807, 2.05) is 24.3 Å². The van der Waals surface area contributed by atoms with Crippen LogP contribution in [0.15, 0.2) is 48.5 Å². The molecule has 110 valence electrons. The number of piperazine rings is 1. The maximum atomic E-state index is 13.8. The van der Waals surface area contributed by atoms with Crippen LogP contribution < -0.4 is 9.80 Å². The SMILES string of the molecule is Fc1ccccc1C[NH+]1CCN(c2ccccc2F)CC1. The molecule has 2 nitrogen and oxygen atoms in total. The molecule has 0 bridgehead atoms. The van der Waals surface area contributed by atoms with Gasteiger partial charge in [-0.15, -0.1) is 0 Å². The Balaban J connectivity index is 1.61. The Hall–Kier alpha value is -1.94. The van der Waals surface area contributed by atoms with Crippen LogP contribution in [0, 0.1) is 11.6 Å². The Labute approximate surface area is 123 Å². The minimum Gasteiger partial charge on any atom is -0.358 e. The van der Waals surface area contributed by atoms with Crippen LogP contribution >= 0.6 is 0 Å². The van der Waals surface area contributed by atoms with Crippen LogP contribution in [0.3, 0.4) is 0 Å². The number of halogens is 2. The average Bonchev–Trinajstić information content (AvgIpc) is 2.51. The van der Waals surface area contributed by atoms with Crippen molar-refractivity contribution >= 4 is 5.69 Å². The van der Waals surface area contributed by atoms with E-state index in [0.717, 1.165) is 31.7 Å². The van der Waals surface area contributed by atoms with Gasteiger partial charge in [0.2, 0.25) is 0 Å². The molecule has 3 rings (SSSR count). The van der Waals surface area contributed by atoms with E-state index < -0.39 is 0 Å². The van der Waals surface area contributed by atoms with Crippen molar-refractivity contribution in [3.8, 4) is 0 Å². The fraction of sp³-hybridized carbons (Fsp3) is 0.294. The first-order valence-electron chi connectivity index (χ1n) is 7.30. The lowest BCUT2D eigenvalue weighted by atomic mass is 10.1. The Kier molecular flexibility index (Phi) is 4.15. The summed E-state index contributed by atoms with van der Waals surface area (Å²) in [5.41, 5.74) is 1.43. The first-order chi connectivity index (χ1) is 10.2. The van der Waals surface area contributed by atoms with Gasteiger partial charge in [0.05, 0.1) is 31.9 Å². The molecule has 0 spiro atoms. The Morgan fingerprint density at radius 1 is 0.857 bits per heavy atom. The van der Waals surface area contributed by atoms with Crippen molar-refractivity contribution in [1.82, 2.24) is 0 Å². The molecule has 0 saturated carbocycles. The summed E-state index contributed by atoms with van der Waals surface area (Å²) in [6.07, 6.45) is 0. The van der Waals surface area contributed by atoms with Crippen molar-refractivity contribution in [1.29, 1.82) is 0 Å². The zero-order valence-corrected chi connectivity index (χ0v) is 11.9. The van der Waals surface area contributed by atoms with Crippen LogP contribution in [0.5, 0.6) is 0 Å². The maximum absolute atomic E-state index is 13.8. The summed E-state index contributed by atoms with van der Waals surface area (Å²) in [6, 6.07) is 13.8. The predicted molar refractivity (Wildman–Crippen MR) is 79.4 cm³/mol. The molecule has 1 saturated heterocycles. The summed E-state index contributed by atoms with van der Waals surface area (Å²) in [4.78, 5) is 3.41. The summed E-state index contributed by atoms with van der Waals surface area (Å²) in [5, 5.41) is 0. The maximum Gasteiger partial charge on any atom is 0.146 e. The van der Waals surface area contributed by atoms with E-state index >= 15 is 0 Å². The van der Waals surface area contributed by atoms with Crippen molar-refractivity contribution < 1.29 is 13.7 Å². The Morgan fingerprint density at radius 2 is 1.48 bits per heavy atom. The Morgan fingerprint density at radius 3 is 2.14 bits per heavy atom. The third kappa shape index (κ3) is 3.22. The molecule has 1 aliphatic heterocycles. The minimum atomic E-state index is -0.171. The standard InChI is InChI=1S/C17H18F2N2/c18-15-6-2-1-5-14(15)13-20-9-11-21(12-10-20)17-8-4-3-7-16(17)19/h1-8H,9-13H2/p+1. The molecule has 0 atom stereocenters. The molecule has 1 heterocycles. The first-order valence-corrected chi connectivity index (χ1v) is 7.30. The third-order valence-electron chi connectivity index (χ3n) is 4.06. The number of quaternary nitrogens is 1. The molecule has 4 heteroatoms. The molecule has 21 heavy (non-hydrogen) atoms. The predicted octanol–water partition coefficient (Wildman–Crippen LogP) is 1.87. The molecule has 0 aromatic heterocycles. The van der Waals surface area contributed by atoms with E-state index in [4.69, 9.17) is 0 Å². The average molecular weight is 289 g/mol. The molecule has 0 amide bonds. The fourth-order valence-corrected chi connectivity index (χ4v) is 2.86. The molecule has 0 aliphatic carbocycles. The van der Waals surface area contributed by atoms with Crippen LogP contribution in [0.4, 0.5) is 14.5 Å². The van der Waals surface area contributed by atoms with Gasteiger partial charge in [0.25, 0.3) is 0 Å². The number of benzene rings is 2.